The van der Waals surface area contributed by atoms with E-state index in [2.05, 4.69) is 0 Å². The number of carboxylic acid groups (broad SMARTS) is 2. The largest absolute Gasteiger partial charge is 0.488 e. The van der Waals surface area contributed by atoms with Crippen LogP contribution in [0.25, 0.3) is 32.7 Å². The van der Waals surface area contributed by atoms with Crippen LogP contribution in [0.15, 0.2) is 121 Å². The summed E-state index contributed by atoms with van der Waals surface area (Å²) in [7, 11) is 0. The maximum Gasteiger partial charge on any atom is 0.336 e. The summed E-state index contributed by atoms with van der Waals surface area (Å²) in [4.78, 5) is 23.7. The van der Waals surface area contributed by atoms with E-state index >= 15 is 0 Å². The number of hydrogen-bond acceptors (Lipinski definition) is 4. The molecule has 6 nitrogen and oxygen atoms in total. The molecule has 6 rings (SSSR count). The number of rotatable bonds is 9. The summed E-state index contributed by atoms with van der Waals surface area (Å²) in [5, 5.41) is 23.3. The Morgan fingerprint density at radius 2 is 0.857 bits per heavy atom. The van der Waals surface area contributed by atoms with Crippen molar-refractivity contribution in [2.75, 3.05) is 0 Å². The Morgan fingerprint density at radius 1 is 0.476 bits per heavy atom. The monoisotopic (exact) mass is 554 g/mol. The van der Waals surface area contributed by atoms with Gasteiger partial charge in [-0.3, -0.25) is 0 Å². The minimum Gasteiger partial charge on any atom is -0.488 e. The Labute approximate surface area is 242 Å². The molecule has 0 aliphatic heterocycles. The van der Waals surface area contributed by atoms with Gasteiger partial charge < -0.3 is 19.7 Å². The van der Waals surface area contributed by atoms with E-state index < -0.39 is 11.9 Å². The van der Waals surface area contributed by atoms with Crippen molar-refractivity contribution in [3.63, 3.8) is 0 Å². The molecule has 0 bridgehead atoms. The topological polar surface area (TPSA) is 93.1 Å². The second kappa shape index (κ2) is 11.5. The molecule has 206 valence electrons. The molecule has 2 N–H and O–H groups in total. The maximum absolute atomic E-state index is 11.8. The molecule has 6 aromatic rings. The van der Waals surface area contributed by atoms with Gasteiger partial charge in [0.2, 0.25) is 0 Å². The van der Waals surface area contributed by atoms with Crippen molar-refractivity contribution in [3.8, 4) is 22.6 Å². The van der Waals surface area contributed by atoms with Crippen molar-refractivity contribution in [1.29, 1.82) is 0 Å². The summed E-state index contributed by atoms with van der Waals surface area (Å²) in [6.07, 6.45) is 0. The summed E-state index contributed by atoms with van der Waals surface area (Å²) >= 11 is 0. The van der Waals surface area contributed by atoms with Crippen LogP contribution in [0, 0.1) is 0 Å². The number of ether oxygens (including phenoxy) is 2. The third-order valence-corrected chi connectivity index (χ3v) is 7.29. The van der Waals surface area contributed by atoms with Crippen molar-refractivity contribution < 1.29 is 29.3 Å². The van der Waals surface area contributed by atoms with E-state index in [-0.39, 0.29) is 24.3 Å². The SMILES string of the molecule is O=C(O)c1ccccc1COc1ccc2ccccc2c1-c1c(OCc2ccccc2C(=O)O)ccc2ccccc12. The molecule has 42 heavy (non-hydrogen) atoms. The van der Waals surface area contributed by atoms with E-state index in [1.807, 2.05) is 72.8 Å². The molecule has 0 fully saturated rings. The van der Waals surface area contributed by atoms with Gasteiger partial charge >= 0.3 is 11.9 Å². The highest BCUT2D eigenvalue weighted by atomic mass is 16.5. The number of fused-ring (bicyclic) bond motifs is 2. The predicted molar refractivity (Wildman–Crippen MR) is 162 cm³/mol. The number of carboxylic acids is 2. The van der Waals surface area contributed by atoms with Crippen LogP contribution in [0.5, 0.6) is 11.5 Å². The zero-order valence-electron chi connectivity index (χ0n) is 22.5. The average molecular weight is 555 g/mol. The Hall–Kier alpha value is -5.62. The molecule has 0 aliphatic rings. The van der Waals surface area contributed by atoms with Crippen LogP contribution in [0.3, 0.4) is 0 Å². The Bertz CT molecular complexity index is 1820. The third kappa shape index (κ3) is 5.13. The molecule has 0 spiro atoms. The lowest BCUT2D eigenvalue weighted by Crippen LogP contribution is -2.07. The van der Waals surface area contributed by atoms with E-state index in [0.29, 0.717) is 22.6 Å². The summed E-state index contributed by atoms with van der Waals surface area (Å²) in [6, 6.07) is 37.3. The first-order chi connectivity index (χ1) is 20.5. The van der Waals surface area contributed by atoms with Gasteiger partial charge in [-0.1, -0.05) is 97.1 Å². The van der Waals surface area contributed by atoms with Crippen LogP contribution in [-0.2, 0) is 13.2 Å². The van der Waals surface area contributed by atoms with Crippen LogP contribution in [0.2, 0.25) is 0 Å². The molecule has 0 aliphatic carbocycles. The lowest BCUT2D eigenvalue weighted by Gasteiger charge is -2.20. The molecule has 0 saturated carbocycles. The second-order valence-corrected chi connectivity index (χ2v) is 9.82. The standard InChI is InChI=1S/C36H26O6/c37-35(38)29-15-7-3-11-25(29)21-41-31-19-17-23-9-1-5-13-27(23)33(31)34-28-14-6-2-10-24(28)18-20-32(34)42-22-26-12-4-8-16-30(26)36(39)40/h1-20H,21-22H2,(H,37,38)(H,39,40). The molecular weight excluding hydrogens is 528 g/mol. The van der Waals surface area contributed by atoms with E-state index in [0.717, 1.165) is 32.7 Å². The Morgan fingerprint density at radius 3 is 1.29 bits per heavy atom. The molecule has 0 aromatic heterocycles. The predicted octanol–water partition coefficient (Wildman–Crippen LogP) is 8.21. The van der Waals surface area contributed by atoms with Crippen LogP contribution >= 0.6 is 0 Å². The van der Waals surface area contributed by atoms with Gasteiger partial charge in [-0.15, -0.1) is 0 Å². The lowest BCUT2D eigenvalue weighted by molar-refractivity contribution is 0.0683. The zero-order chi connectivity index (χ0) is 29.1. The minimum atomic E-state index is -1.01. The molecule has 6 heteroatoms. The lowest BCUT2D eigenvalue weighted by atomic mass is 9.92. The third-order valence-electron chi connectivity index (χ3n) is 7.29. The number of aromatic carboxylic acids is 2. The van der Waals surface area contributed by atoms with Crippen LogP contribution in [0.1, 0.15) is 31.8 Å². The van der Waals surface area contributed by atoms with Gasteiger partial charge in [-0.05, 0) is 45.8 Å². The summed E-state index contributed by atoms with van der Waals surface area (Å²) in [6.45, 7) is 0.113. The van der Waals surface area contributed by atoms with Gasteiger partial charge in [-0.25, -0.2) is 9.59 Å². The molecule has 6 aromatic carbocycles. The molecule has 0 heterocycles. The summed E-state index contributed by atoms with van der Waals surface area (Å²) in [5.74, 6) is -0.888. The number of benzene rings is 6. The molecule has 0 atom stereocenters. The summed E-state index contributed by atoms with van der Waals surface area (Å²) < 4.78 is 12.8. The first-order valence-corrected chi connectivity index (χ1v) is 13.4. The number of carbonyl (C=O) groups is 2. The van der Waals surface area contributed by atoms with Crippen molar-refractivity contribution >= 4 is 33.5 Å². The van der Waals surface area contributed by atoms with Gasteiger partial charge in [0.1, 0.15) is 24.7 Å². The van der Waals surface area contributed by atoms with Crippen LogP contribution in [0.4, 0.5) is 0 Å². The van der Waals surface area contributed by atoms with Crippen LogP contribution in [-0.4, -0.2) is 22.2 Å². The number of hydrogen-bond donors (Lipinski definition) is 2. The van der Waals surface area contributed by atoms with E-state index in [4.69, 9.17) is 9.47 Å². The van der Waals surface area contributed by atoms with E-state index in [1.54, 1.807) is 48.5 Å². The van der Waals surface area contributed by atoms with Gasteiger partial charge in [0, 0.05) is 22.3 Å². The first-order valence-electron chi connectivity index (χ1n) is 13.4. The maximum atomic E-state index is 11.8. The van der Waals surface area contributed by atoms with Gasteiger partial charge in [0.05, 0.1) is 11.1 Å². The Kier molecular flexibility index (Phi) is 7.26. The van der Waals surface area contributed by atoms with Crippen molar-refractivity contribution in [2.45, 2.75) is 13.2 Å². The smallest absolute Gasteiger partial charge is 0.336 e. The van der Waals surface area contributed by atoms with E-state index in [1.165, 1.54) is 0 Å². The van der Waals surface area contributed by atoms with Crippen molar-refractivity contribution in [3.05, 3.63) is 144 Å². The fourth-order valence-corrected chi connectivity index (χ4v) is 5.28. The average Bonchev–Trinajstić information content (AvgIpc) is 3.02. The Balaban J connectivity index is 1.51. The first kappa shape index (κ1) is 26.6. The fraction of sp³-hybridized carbons (Fsp3) is 0.0556. The van der Waals surface area contributed by atoms with Crippen LogP contribution < -0.4 is 9.47 Å². The van der Waals surface area contributed by atoms with Crippen molar-refractivity contribution in [2.24, 2.45) is 0 Å². The molecular formula is C36H26O6. The van der Waals surface area contributed by atoms with Gasteiger partial charge in [0.15, 0.2) is 0 Å². The molecule has 0 saturated heterocycles. The molecule has 0 amide bonds. The van der Waals surface area contributed by atoms with Gasteiger partial charge in [-0.2, -0.15) is 0 Å². The fourth-order valence-electron chi connectivity index (χ4n) is 5.28. The normalized spacial score (nSPS) is 11.0. The minimum absolute atomic E-state index is 0.0563. The zero-order valence-corrected chi connectivity index (χ0v) is 22.5. The highest BCUT2D eigenvalue weighted by Gasteiger charge is 2.20. The summed E-state index contributed by atoms with van der Waals surface area (Å²) in [5.41, 5.74) is 3.10. The quantitative estimate of drug-likeness (QED) is 0.187. The molecule has 0 radical (unpaired) electrons. The molecule has 0 unspecified atom stereocenters. The second-order valence-electron chi connectivity index (χ2n) is 9.82. The van der Waals surface area contributed by atoms with E-state index in [9.17, 15) is 19.8 Å². The van der Waals surface area contributed by atoms with Crippen molar-refractivity contribution in [1.82, 2.24) is 0 Å². The van der Waals surface area contributed by atoms with Gasteiger partial charge in [0.25, 0.3) is 0 Å². The highest BCUT2D eigenvalue weighted by molar-refractivity contribution is 6.09. The highest BCUT2D eigenvalue weighted by Crippen LogP contribution is 2.46.